The van der Waals surface area contributed by atoms with E-state index in [1.165, 1.54) is 60.2 Å². The molecule has 0 spiro atoms. The van der Waals surface area contributed by atoms with Crippen LogP contribution in [0.4, 0.5) is 0 Å². The van der Waals surface area contributed by atoms with E-state index in [0.717, 1.165) is 30.6 Å². The van der Waals surface area contributed by atoms with Crippen LogP contribution in [0, 0.1) is 11.8 Å². The van der Waals surface area contributed by atoms with Crippen LogP contribution in [0.25, 0.3) is 44.4 Å². The molecule has 0 amide bonds. The van der Waals surface area contributed by atoms with Crippen molar-refractivity contribution < 1.29 is 4.42 Å². The summed E-state index contributed by atoms with van der Waals surface area (Å²) in [7, 11) is 0. The highest BCUT2D eigenvalue weighted by Gasteiger charge is 2.41. The molecule has 220 valence electrons. The Morgan fingerprint density at radius 2 is 1.56 bits per heavy atom. The maximum Gasteiger partial charge on any atom is 0.134 e. The quantitative estimate of drug-likeness (QED) is 0.183. The van der Waals surface area contributed by atoms with Crippen LogP contribution in [0.1, 0.15) is 76.5 Å². The standard InChI is InChI=1S/C43H36OS/c1-27-11-10-16-32(23-27)42-41(29-14-6-3-7-15-29)34(28-12-4-2-5-13-28)26-40-43(42)36-25-31(20-22-39(36)45-40)30-19-21-38-35(24-30)33-17-8-9-18-37(33)44-38/h2-15,17-18,20,22,24-27,32,41-42H,16,19,21,23H2,1H3/t27-,32?,41?,42?/m1/s1. The molecule has 2 heterocycles. The smallest absolute Gasteiger partial charge is 0.134 e. The predicted octanol–water partition coefficient (Wildman–Crippen LogP) is 12.2. The Morgan fingerprint density at radius 3 is 2.40 bits per heavy atom. The van der Waals surface area contributed by atoms with Gasteiger partial charge in [0.25, 0.3) is 0 Å². The molecule has 2 heteroatoms. The highest BCUT2D eigenvalue weighted by atomic mass is 32.1. The van der Waals surface area contributed by atoms with Gasteiger partial charge in [0.15, 0.2) is 0 Å². The van der Waals surface area contributed by atoms with Crippen molar-refractivity contribution in [3.05, 3.63) is 154 Å². The van der Waals surface area contributed by atoms with Crippen molar-refractivity contribution in [3.8, 4) is 0 Å². The second-order valence-electron chi connectivity index (χ2n) is 13.2. The Kier molecular flexibility index (Phi) is 6.52. The largest absolute Gasteiger partial charge is 0.460 e. The van der Waals surface area contributed by atoms with Crippen molar-refractivity contribution in [2.45, 2.75) is 44.4 Å². The molecule has 1 nitrogen and oxygen atoms in total. The molecular weight excluding hydrogens is 565 g/mol. The molecule has 6 aromatic rings. The van der Waals surface area contributed by atoms with Crippen molar-refractivity contribution in [2.75, 3.05) is 0 Å². The van der Waals surface area contributed by atoms with Crippen molar-refractivity contribution in [3.63, 3.8) is 0 Å². The van der Waals surface area contributed by atoms with Crippen LogP contribution < -0.4 is 0 Å². The molecule has 45 heavy (non-hydrogen) atoms. The van der Waals surface area contributed by atoms with Gasteiger partial charge >= 0.3 is 0 Å². The fourth-order valence-corrected chi connectivity index (χ4v) is 9.63. The number of benzene rings is 4. The monoisotopic (exact) mass is 600 g/mol. The summed E-state index contributed by atoms with van der Waals surface area (Å²) in [5, 5.41) is 2.68. The van der Waals surface area contributed by atoms with Gasteiger partial charge in [0.05, 0.1) is 0 Å². The van der Waals surface area contributed by atoms with E-state index in [9.17, 15) is 0 Å². The lowest BCUT2D eigenvalue weighted by Crippen LogP contribution is -2.26. The summed E-state index contributed by atoms with van der Waals surface area (Å²) in [6.45, 7) is 2.39. The van der Waals surface area contributed by atoms with E-state index < -0.39 is 0 Å². The molecule has 4 aromatic carbocycles. The average Bonchev–Trinajstić information content (AvgIpc) is 3.65. The van der Waals surface area contributed by atoms with Crippen LogP contribution in [-0.4, -0.2) is 0 Å². The number of aryl methyl sites for hydroxylation is 1. The SMILES string of the molecule is C[C@@H]1C=CCC(C2c3c(sc4ccc(C5=Cc6c(oc7ccccc67)CC5)cc34)C=C(c3ccccc3)C2c2ccccc2)C1. The third-order valence-electron chi connectivity index (χ3n) is 10.4. The molecule has 0 N–H and O–H groups in total. The van der Waals surface area contributed by atoms with E-state index in [0.29, 0.717) is 23.7 Å². The average molecular weight is 601 g/mol. The van der Waals surface area contributed by atoms with Gasteiger partial charge in [-0.15, -0.1) is 11.3 Å². The summed E-state index contributed by atoms with van der Waals surface area (Å²) in [6.07, 6.45) is 14.1. The normalized spacial score (nSPS) is 22.6. The Morgan fingerprint density at radius 1 is 0.756 bits per heavy atom. The number of thiophene rings is 1. The predicted molar refractivity (Wildman–Crippen MR) is 191 cm³/mol. The Bertz CT molecular complexity index is 2140. The number of furan rings is 1. The number of hydrogen-bond acceptors (Lipinski definition) is 2. The lowest BCUT2D eigenvalue weighted by Gasteiger charge is -2.40. The number of rotatable bonds is 4. The maximum atomic E-state index is 6.24. The van der Waals surface area contributed by atoms with Gasteiger partial charge in [-0.05, 0) is 106 Å². The van der Waals surface area contributed by atoms with Gasteiger partial charge in [0.2, 0.25) is 0 Å². The van der Waals surface area contributed by atoms with Crippen LogP contribution in [0.15, 0.2) is 120 Å². The first kappa shape index (κ1) is 27.0. The number of fused-ring (bicyclic) bond motifs is 6. The molecule has 0 aliphatic heterocycles. The van der Waals surface area contributed by atoms with Gasteiger partial charge in [-0.25, -0.2) is 0 Å². The molecule has 0 bridgehead atoms. The first-order valence-corrected chi connectivity index (χ1v) is 17.3. The zero-order chi connectivity index (χ0) is 29.9. The van der Waals surface area contributed by atoms with Crippen molar-refractivity contribution >= 4 is 55.7 Å². The minimum Gasteiger partial charge on any atom is -0.460 e. The highest BCUT2D eigenvalue weighted by Crippen LogP contribution is 2.57. The van der Waals surface area contributed by atoms with Crippen molar-refractivity contribution in [1.29, 1.82) is 0 Å². The lowest BCUT2D eigenvalue weighted by atomic mass is 9.63. The van der Waals surface area contributed by atoms with Gasteiger partial charge < -0.3 is 4.42 Å². The maximum absolute atomic E-state index is 6.24. The van der Waals surface area contributed by atoms with Crippen molar-refractivity contribution in [1.82, 2.24) is 0 Å². The summed E-state index contributed by atoms with van der Waals surface area (Å²) in [5.74, 6) is 3.01. The lowest BCUT2D eigenvalue weighted by molar-refractivity contribution is 0.334. The summed E-state index contributed by atoms with van der Waals surface area (Å²) < 4.78 is 7.64. The Hall–Kier alpha value is -4.40. The zero-order valence-electron chi connectivity index (χ0n) is 25.6. The van der Waals surface area contributed by atoms with Gasteiger partial charge in [0.1, 0.15) is 11.3 Å². The molecule has 3 aliphatic rings. The fraction of sp³-hybridized carbons (Fsp3) is 0.209. The van der Waals surface area contributed by atoms with Crippen LogP contribution in [-0.2, 0) is 6.42 Å². The molecular formula is C43H36OS. The highest BCUT2D eigenvalue weighted by molar-refractivity contribution is 7.20. The molecule has 3 aliphatic carbocycles. The fourth-order valence-electron chi connectivity index (χ4n) is 8.44. The van der Waals surface area contributed by atoms with Crippen LogP contribution in [0.5, 0.6) is 0 Å². The minimum absolute atomic E-state index is 0.306. The third-order valence-corrected chi connectivity index (χ3v) is 11.6. The Balaban J connectivity index is 1.25. The Labute approximate surface area is 269 Å². The molecule has 0 radical (unpaired) electrons. The van der Waals surface area contributed by atoms with Crippen LogP contribution in [0.2, 0.25) is 0 Å². The number of hydrogen-bond donors (Lipinski definition) is 0. The van der Waals surface area contributed by atoms with E-state index in [1.54, 1.807) is 5.56 Å². The molecule has 0 fully saturated rings. The molecule has 4 atom stereocenters. The van der Waals surface area contributed by atoms with Gasteiger partial charge in [0, 0.05) is 32.9 Å². The van der Waals surface area contributed by atoms with E-state index in [4.69, 9.17) is 4.42 Å². The molecule has 0 saturated heterocycles. The minimum atomic E-state index is 0.306. The van der Waals surface area contributed by atoms with E-state index >= 15 is 0 Å². The second-order valence-corrected chi connectivity index (χ2v) is 14.3. The number of para-hydroxylation sites is 1. The molecule has 2 aromatic heterocycles. The molecule has 3 unspecified atom stereocenters. The summed E-state index contributed by atoms with van der Waals surface area (Å²) in [5.41, 5.74) is 10.8. The molecule has 0 saturated carbocycles. The second kappa shape index (κ2) is 10.9. The summed E-state index contributed by atoms with van der Waals surface area (Å²) in [4.78, 5) is 1.45. The topological polar surface area (TPSA) is 13.1 Å². The van der Waals surface area contributed by atoms with Gasteiger partial charge in [-0.2, -0.15) is 0 Å². The zero-order valence-corrected chi connectivity index (χ0v) is 26.4. The number of allylic oxidation sites excluding steroid dienone is 4. The summed E-state index contributed by atoms with van der Waals surface area (Å²) >= 11 is 1.98. The van der Waals surface area contributed by atoms with Crippen LogP contribution in [0.3, 0.4) is 0 Å². The van der Waals surface area contributed by atoms with E-state index in [-0.39, 0.29) is 0 Å². The molecule has 9 rings (SSSR count). The van der Waals surface area contributed by atoms with Gasteiger partial charge in [-0.1, -0.05) is 104 Å². The van der Waals surface area contributed by atoms with E-state index in [1.807, 2.05) is 11.3 Å². The third kappa shape index (κ3) is 4.58. The van der Waals surface area contributed by atoms with Crippen LogP contribution >= 0.6 is 11.3 Å². The first-order valence-electron chi connectivity index (χ1n) is 16.5. The van der Waals surface area contributed by atoms with E-state index in [2.05, 4.69) is 134 Å². The van der Waals surface area contributed by atoms with Crippen molar-refractivity contribution in [2.24, 2.45) is 11.8 Å². The first-order chi connectivity index (χ1) is 22.2. The summed E-state index contributed by atoms with van der Waals surface area (Å²) in [6, 6.07) is 38.2. The van der Waals surface area contributed by atoms with Gasteiger partial charge in [-0.3, -0.25) is 0 Å².